The first-order chi connectivity index (χ1) is 8.48. The Labute approximate surface area is 113 Å². The second kappa shape index (κ2) is 6.85. The number of methoxy groups -OCH3 is 1. The molecule has 0 spiro atoms. The van der Waals surface area contributed by atoms with Gasteiger partial charge < -0.3 is 9.84 Å². The SMILES string of the molecule is COC(=O)CCS(=O)(=O)NC(CC(=O)O)C(C)(C)C. The van der Waals surface area contributed by atoms with Crippen molar-refractivity contribution in [3.05, 3.63) is 0 Å². The van der Waals surface area contributed by atoms with E-state index in [4.69, 9.17) is 5.11 Å². The second-order valence-corrected chi connectivity index (χ2v) is 7.15. The number of carboxylic acid groups (broad SMARTS) is 1. The van der Waals surface area contributed by atoms with Crippen LogP contribution < -0.4 is 4.72 Å². The molecule has 0 aromatic heterocycles. The Morgan fingerprint density at radius 3 is 2.21 bits per heavy atom. The van der Waals surface area contributed by atoms with Crippen molar-refractivity contribution in [1.29, 1.82) is 0 Å². The highest BCUT2D eigenvalue weighted by molar-refractivity contribution is 7.89. The summed E-state index contributed by atoms with van der Waals surface area (Å²) in [6, 6.07) is -0.743. The number of nitrogens with one attached hydrogen (secondary N) is 1. The molecule has 0 radical (unpaired) electrons. The molecule has 0 aromatic carbocycles. The summed E-state index contributed by atoms with van der Waals surface area (Å²) in [5, 5.41) is 8.79. The molecule has 0 aliphatic rings. The smallest absolute Gasteiger partial charge is 0.306 e. The van der Waals surface area contributed by atoms with E-state index in [2.05, 4.69) is 9.46 Å². The Bertz CT molecular complexity index is 423. The van der Waals surface area contributed by atoms with Gasteiger partial charge in [0.2, 0.25) is 10.0 Å². The molecule has 112 valence electrons. The number of sulfonamides is 1. The van der Waals surface area contributed by atoms with Gasteiger partial charge in [0.1, 0.15) is 0 Å². The largest absolute Gasteiger partial charge is 0.481 e. The van der Waals surface area contributed by atoms with Gasteiger partial charge >= 0.3 is 11.9 Å². The van der Waals surface area contributed by atoms with Crippen molar-refractivity contribution >= 4 is 22.0 Å². The summed E-state index contributed by atoms with van der Waals surface area (Å²) in [7, 11) is -2.56. The first kappa shape index (κ1) is 17.8. The predicted molar refractivity (Wildman–Crippen MR) is 69.1 cm³/mol. The molecule has 0 saturated heterocycles. The maximum Gasteiger partial charge on any atom is 0.306 e. The average Bonchev–Trinajstić information content (AvgIpc) is 2.23. The Kier molecular flexibility index (Phi) is 6.44. The molecule has 7 nitrogen and oxygen atoms in total. The Morgan fingerprint density at radius 2 is 1.84 bits per heavy atom. The van der Waals surface area contributed by atoms with Gasteiger partial charge in [0.05, 0.1) is 25.7 Å². The maximum absolute atomic E-state index is 11.8. The van der Waals surface area contributed by atoms with Gasteiger partial charge in [-0.15, -0.1) is 0 Å². The van der Waals surface area contributed by atoms with Crippen LogP contribution >= 0.6 is 0 Å². The number of esters is 1. The lowest BCUT2D eigenvalue weighted by Crippen LogP contribution is -2.46. The standard InChI is InChI=1S/C11H21NO6S/c1-11(2,3)8(7-9(13)14)12-19(16,17)6-5-10(15)18-4/h8,12H,5-7H2,1-4H3,(H,13,14). The lowest BCUT2D eigenvalue weighted by molar-refractivity contribution is -0.140. The summed E-state index contributed by atoms with van der Waals surface area (Å²) in [4.78, 5) is 21.7. The third-order valence-corrected chi connectivity index (χ3v) is 3.93. The molecule has 0 fully saturated rings. The van der Waals surface area contributed by atoms with Crippen LogP contribution in [0.5, 0.6) is 0 Å². The van der Waals surface area contributed by atoms with Crippen molar-refractivity contribution in [2.75, 3.05) is 12.9 Å². The Hall–Kier alpha value is -1.15. The van der Waals surface area contributed by atoms with E-state index < -0.39 is 39.2 Å². The van der Waals surface area contributed by atoms with E-state index in [1.54, 1.807) is 20.8 Å². The number of hydrogen-bond acceptors (Lipinski definition) is 5. The van der Waals surface area contributed by atoms with Crippen molar-refractivity contribution in [1.82, 2.24) is 4.72 Å². The predicted octanol–water partition coefficient (Wildman–Crippen LogP) is 0.358. The number of ether oxygens (including phenoxy) is 1. The molecule has 2 N–H and O–H groups in total. The first-order valence-electron chi connectivity index (χ1n) is 5.76. The number of carboxylic acids is 1. The molecule has 0 amide bonds. The number of carbonyl (C=O) groups is 2. The molecule has 1 atom stereocenters. The van der Waals surface area contributed by atoms with E-state index in [-0.39, 0.29) is 12.8 Å². The highest BCUT2D eigenvalue weighted by Crippen LogP contribution is 2.22. The van der Waals surface area contributed by atoms with Crippen molar-refractivity contribution in [3.8, 4) is 0 Å². The lowest BCUT2D eigenvalue weighted by Gasteiger charge is -2.30. The second-order valence-electron chi connectivity index (χ2n) is 5.28. The molecular weight excluding hydrogens is 274 g/mol. The Balaban J connectivity index is 4.74. The van der Waals surface area contributed by atoms with E-state index >= 15 is 0 Å². The molecular formula is C11H21NO6S. The van der Waals surface area contributed by atoms with E-state index in [1.165, 1.54) is 7.11 Å². The third-order valence-electron chi connectivity index (χ3n) is 2.55. The van der Waals surface area contributed by atoms with E-state index in [1.807, 2.05) is 0 Å². The van der Waals surface area contributed by atoms with Crippen molar-refractivity contribution in [2.24, 2.45) is 5.41 Å². The topological polar surface area (TPSA) is 110 Å². The molecule has 0 heterocycles. The summed E-state index contributed by atoms with van der Waals surface area (Å²) in [5.41, 5.74) is -0.545. The molecule has 0 aromatic rings. The van der Waals surface area contributed by atoms with Gasteiger partial charge in [-0.2, -0.15) is 0 Å². The number of hydrogen-bond donors (Lipinski definition) is 2. The van der Waals surface area contributed by atoms with Crippen LogP contribution in [0.4, 0.5) is 0 Å². The lowest BCUT2D eigenvalue weighted by atomic mass is 9.85. The maximum atomic E-state index is 11.8. The van der Waals surface area contributed by atoms with Gasteiger partial charge in [0.25, 0.3) is 0 Å². The molecule has 19 heavy (non-hydrogen) atoms. The van der Waals surface area contributed by atoms with Crippen molar-refractivity contribution < 1.29 is 27.9 Å². The molecule has 0 aliphatic carbocycles. The molecule has 8 heteroatoms. The number of carbonyl (C=O) groups excluding carboxylic acids is 1. The first-order valence-corrected chi connectivity index (χ1v) is 7.42. The zero-order chi connectivity index (χ0) is 15.3. The normalized spacial score (nSPS) is 13.9. The van der Waals surface area contributed by atoms with E-state index in [0.717, 1.165) is 0 Å². The highest BCUT2D eigenvalue weighted by atomic mass is 32.2. The van der Waals surface area contributed by atoms with Crippen molar-refractivity contribution in [3.63, 3.8) is 0 Å². The molecule has 0 aliphatic heterocycles. The zero-order valence-corrected chi connectivity index (χ0v) is 12.4. The molecule has 0 bridgehead atoms. The zero-order valence-electron chi connectivity index (χ0n) is 11.6. The quantitative estimate of drug-likeness (QED) is 0.656. The minimum atomic E-state index is -3.73. The van der Waals surface area contributed by atoms with Crippen LogP contribution in [0.2, 0.25) is 0 Å². The average molecular weight is 295 g/mol. The fourth-order valence-electron chi connectivity index (χ4n) is 1.29. The van der Waals surface area contributed by atoms with Crippen LogP contribution in [0.25, 0.3) is 0 Å². The summed E-state index contributed by atoms with van der Waals surface area (Å²) >= 11 is 0. The minimum Gasteiger partial charge on any atom is -0.481 e. The summed E-state index contributed by atoms with van der Waals surface area (Å²) in [6.07, 6.45) is -0.587. The van der Waals surface area contributed by atoms with Crippen LogP contribution in [0.15, 0.2) is 0 Å². The van der Waals surface area contributed by atoms with Crippen LogP contribution in [-0.4, -0.2) is 44.4 Å². The van der Waals surface area contributed by atoms with Crippen LogP contribution in [0.1, 0.15) is 33.6 Å². The van der Waals surface area contributed by atoms with Gasteiger partial charge in [-0.1, -0.05) is 20.8 Å². The summed E-state index contributed by atoms with van der Waals surface area (Å²) < 4.78 is 30.2. The Morgan fingerprint density at radius 1 is 1.32 bits per heavy atom. The van der Waals surface area contributed by atoms with Gasteiger partial charge in [-0.05, 0) is 5.41 Å². The van der Waals surface area contributed by atoms with Gasteiger partial charge in [0.15, 0.2) is 0 Å². The summed E-state index contributed by atoms with van der Waals surface area (Å²) in [5.74, 6) is -2.14. The van der Waals surface area contributed by atoms with Crippen molar-refractivity contribution in [2.45, 2.75) is 39.7 Å². The van der Waals surface area contributed by atoms with Crippen LogP contribution in [-0.2, 0) is 24.3 Å². The summed E-state index contributed by atoms with van der Waals surface area (Å²) in [6.45, 7) is 5.22. The minimum absolute atomic E-state index is 0.268. The van der Waals surface area contributed by atoms with Gasteiger partial charge in [0, 0.05) is 6.04 Å². The highest BCUT2D eigenvalue weighted by Gasteiger charge is 2.30. The fourth-order valence-corrected chi connectivity index (χ4v) is 2.72. The van der Waals surface area contributed by atoms with E-state index in [0.29, 0.717) is 0 Å². The monoisotopic (exact) mass is 295 g/mol. The number of aliphatic carboxylic acids is 1. The van der Waals surface area contributed by atoms with Gasteiger partial charge in [-0.3, -0.25) is 9.59 Å². The molecule has 0 saturated carbocycles. The van der Waals surface area contributed by atoms with Crippen LogP contribution in [0.3, 0.4) is 0 Å². The third kappa shape index (κ3) is 7.78. The van der Waals surface area contributed by atoms with Gasteiger partial charge in [-0.25, -0.2) is 13.1 Å². The number of rotatable bonds is 7. The van der Waals surface area contributed by atoms with Crippen LogP contribution in [0, 0.1) is 5.41 Å². The van der Waals surface area contributed by atoms with E-state index in [9.17, 15) is 18.0 Å². The molecule has 0 rings (SSSR count). The molecule has 1 unspecified atom stereocenters. The fraction of sp³-hybridized carbons (Fsp3) is 0.818.